The Morgan fingerprint density at radius 1 is 0.898 bits per heavy atom. The van der Waals surface area contributed by atoms with Crippen LogP contribution in [0.4, 0.5) is 10.7 Å². The number of anilines is 1. The Hall–Kier alpha value is -4.71. The van der Waals surface area contributed by atoms with Crippen molar-refractivity contribution in [2.45, 2.75) is 47.0 Å². The van der Waals surface area contributed by atoms with Gasteiger partial charge in [0, 0.05) is 33.1 Å². The zero-order chi connectivity index (χ0) is 34.1. The summed E-state index contributed by atoms with van der Waals surface area (Å²) >= 11 is 7.80. The molecule has 0 spiro atoms. The molecule has 6 aromatic rings. The highest BCUT2D eigenvalue weighted by Gasteiger charge is 2.34. The molecule has 0 fully saturated rings. The van der Waals surface area contributed by atoms with E-state index in [1.165, 1.54) is 10.4 Å². The minimum absolute atomic E-state index is 0.133. The number of nitrogens with zero attached hydrogens (tertiary/aromatic N) is 2. The van der Waals surface area contributed by atoms with Gasteiger partial charge in [-0.15, -0.1) is 11.3 Å². The highest BCUT2D eigenvalue weighted by atomic mass is 35.5. The normalized spacial score (nSPS) is 14.6. The number of hydrogen-bond donors (Lipinski definition) is 1. The van der Waals surface area contributed by atoms with Crippen LogP contribution in [-0.2, 0) is 12.8 Å². The van der Waals surface area contributed by atoms with Crippen molar-refractivity contribution in [2.24, 2.45) is 16.3 Å². The van der Waals surface area contributed by atoms with Crippen LogP contribution in [0.2, 0.25) is 5.02 Å². The van der Waals surface area contributed by atoms with Crippen LogP contribution in [0.25, 0.3) is 28.2 Å². The van der Waals surface area contributed by atoms with Gasteiger partial charge in [0.2, 0.25) is 0 Å². The lowest BCUT2D eigenvalue weighted by Gasteiger charge is -2.33. The van der Waals surface area contributed by atoms with E-state index in [2.05, 4.69) is 116 Å². The molecule has 1 N–H and O–H groups in total. The monoisotopic (exact) mass is 681 g/mol. The second-order valence-corrected chi connectivity index (χ2v) is 15.5. The van der Waals surface area contributed by atoms with Gasteiger partial charge in [-0.25, -0.2) is 4.99 Å². The Labute approximate surface area is 298 Å². The Morgan fingerprint density at radius 2 is 1.55 bits per heavy atom. The van der Waals surface area contributed by atoms with Crippen molar-refractivity contribution in [1.29, 1.82) is 0 Å². The first kappa shape index (κ1) is 32.8. The average Bonchev–Trinajstić information content (AvgIpc) is 3.67. The van der Waals surface area contributed by atoms with Crippen LogP contribution >= 0.6 is 22.9 Å². The van der Waals surface area contributed by atoms with E-state index in [0.29, 0.717) is 22.2 Å². The van der Waals surface area contributed by atoms with E-state index in [9.17, 15) is 4.79 Å². The fraction of sp³-hybridized carbons (Fsp3) is 0.209. The minimum atomic E-state index is -0.133. The lowest BCUT2D eigenvalue weighted by atomic mass is 9.72. The van der Waals surface area contributed by atoms with E-state index in [4.69, 9.17) is 16.6 Å². The molecule has 0 radical (unpaired) electrons. The van der Waals surface area contributed by atoms with Gasteiger partial charge in [0.1, 0.15) is 5.00 Å². The van der Waals surface area contributed by atoms with E-state index in [0.717, 1.165) is 63.6 Å². The largest absolute Gasteiger partial charge is 0.322 e. The van der Waals surface area contributed by atoms with Crippen LogP contribution in [-0.4, -0.2) is 16.7 Å². The summed E-state index contributed by atoms with van der Waals surface area (Å²) in [6.45, 7) is 9.06. The highest BCUT2D eigenvalue weighted by molar-refractivity contribution is 7.16. The lowest BCUT2D eigenvalue weighted by Crippen LogP contribution is -2.27. The summed E-state index contributed by atoms with van der Waals surface area (Å²) in [7, 11) is 0. The van der Waals surface area contributed by atoms with Crippen LogP contribution in [0.15, 0.2) is 120 Å². The van der Waals surface area contributed by atoms with Gasteiger partial charge in [0.25, 0.3) is 5.91 Å². The molecule has 1 aliphatic carbocycles. The summed E-state index contributed by atoms with van der Waals surface area (Å²) in [6.07, 6.45) is 4.83. The number of halogens is 1. The summed E-state index contributed by atoms with van der Waals surface area (Å²) in [4.78, 5) is 20.5. The molecule has 2 heterocycles. The third-order valence-corrected chi connectivity index (χ3v) is 11.0. The topological polar surface area (TPSA) is 46.4 Å². The molecule has 2 aromatic heterocycles. The van der Waals surface area contributed by atoms with E-state index in [-0.39, 0.29) is 11.3 Å². The number of aromatic nitrogens is 1. The zero-order valence-corrected chi connectivity index (χ0v) is 29.9. The highest BCUT2D eigenvalue weighted by Crippen LogP contribution is 2.46. The van der Waals surface area contributed by atoms with Crippen molar-refractivity contribution in [1.82, 2.24) is 4.57 Å². The number of fused-ring (bicyclic) bond motifs is 1. The summed E-state index contributed by atoms with van der Waals surface area (Å²) in [5, 5.41) is 4.51. The molecule has 7 rings (SSSR count). The maximum absolute atomic E-state index is 14.1. The van der Waals surface area contributed by atoms with Crippen molar-refractivity contribution in [3.05, 3.63) is 147 Å². The zero-order valence-electron chi connectivity index (χ0n) is 28.3. The fourth-order valence-corrected chi connectivity index (χ4v) is 8.19. The summed E-state index contributed by atoms with van der Waals surface area (Å²) in [6, 6.07) is 39.1. The molecule has 6 heteroatoms. The number of hydrogen-bond acceptors (Lipinski definition) is 3. The van der Waals surface area contributed by atoms with E-state index in [1.54, 1.807) is 23.5 Å². The molecule has 0 aliphatic heterocycles. The maximum Gasteiger partial charge on any atom is 0.259 e. The molecular formula is C43H40ClN3OS. The Morgan fingerprint density at radius 3 is 2.20 bits per heavy atom. The molecule has 49 heavy (non-hydrogen) atoms. The fourth-order valence-electron chi connectivity index (χ4n) is 6.79. The van der Waals surface area contributed by atoms with Crippen molar-refractivity contribution < 1.29 is 4.79 Å². The van der Waals surface area contributed by atoms with Gasteiger partial charge in [-0.3, -0.25) is 4.79 Å². The first-order valence-electron chi connectivity index (χ1n) is 16.8. The van der Waals surface area contributed by atoms with Gasteiger partial charge >= 0.3 is 0 Å². The second-order valence-electron chi connectivity index (χ2n) is 13.9. The molecule has 1 amide bonds. The van der Waals surface area contributed by atoms with Crippen molar-refractivity contribution in [3.8, 4) is 28.2 Å². The predicted octanol–water partition coefficient (Wildman–Crippen LogP) is 12.0. The minimum Gasteiger partial charge on any atom is -0.322 e. The van der Waals surface area contributed by atoms with Crippen LogP contribution in [0.3, 0.4) is 0 Å². The Balaban J connectivity index is 1.38. The van der Waals surface area contributed by atoms with Gasteiger partial charge < -0.3 is 9.88 Å². The first-order chi connectivity index (χ1) is 23.7. The van der Waals surface area contributed by atoms with E-state index in [1.807, 2.05) is 30.5 Å². The quantitative estimate of drug-likeness (QED) is 0.167. The number of rotatable bonds is 7. The number of carbonyl (C=O) groups is 1. The third-order valence-electron chi connectivity index (χ3n) is 9.56. The molecule has 0 saturated carbocycles. The number of nitrogens with one attached hydrogen (secondary N) is 1. The SMILES string of the molecule is Cc1ccc(-n2c(-c3ccccc3)cc(C=Nc3sc4c(c3C(=O)Nc3ccc(Cl)cc3)CC[C@H](C(C)(C)C)C4)c2-c2ccccc2)cc1. The molecule has 0 bridgehead atoms. The number of carbonyl (C=O) groups excluding carboxylic acids is 1. The van der Waals surface area contributed by atoms with E-state index < -0.39 is 0 Å². The molecular weight excluding hydrogens is 642 g/mol. The molecule has 1 atom stereocenters. The number of aryl methyl sites for hydroxylation is 1. The second kappa shape index (κ2) is 13.7. The Kier molecular flexibility index (Phi) is 9.15. The summed E-state index contributed by atoms with van der Waals surface area (Å²) in [5.74, 6) is 0.413. The van der Waals surface area contributed by atoms with Gasteiger partial charge in [0.05, 0.1) is 17.0 Å². The third kappa shape index (κ3) is 6.92. The van der Waals surface area contributed by atoms with Gasteiger partial charge in [-0.2, -0.15) is 0 Å². The van der Waals surface area contributed by atoms with Crippen molar-refractivity contribution in [3.63, 3.8) is 0 Å². The van der Waals surface area contributed by atoms with Crippen LogP contribution in [0.1, 0.15) is 59.1 Å². The maximum atomic E-state index is 14.1. The van der Waals surface area contributed by atoms with Gasteiger partial charge in [0.15, 0.2) is 0 Å². The lowest BCUT2D eigenvalue weighted by molar-refractivity contribution is 0.102. The smallest absolute Gasteiger partial charge is 0.259 e. The predicted molar refractivity (Wildman–Crippen MR) is 207 cm³/mol. The van der Waals surface area contributed by atoms with E-state index >= 15 is 0 Å². The Bertz CT molecular complexity index is 2120. The van der Waals surface area contributed by atoms with Crippen LogP contribution < -0.4 is 5.32 Å². The number of aliphatic imine (C=N–C) groups is 1. The standard InChI is InChI=1S/C43H40ClN3OS/c1-28-15-22-35(23-16-28)47-37(29-11-7-5-8-12-29)25-31(40(47)30-13-9-6-10-14-30)27-45-42-39(41(48)46-34-20-18-33(44)19-21-34)36-24-17-32(43(2,3)4)26-38(36)49-42/h5-16,18-23,25,27,32H,17,24,26H2,1-4H3,(H,46,48)/t32-/m0/s1. The van der Waals surface area contributed by atoms with Crippen LogP contribution in [0, 0.1) is 18.3 Å². The number of benzene rings is 4. The first-order valence-corrected chi connectivity index (χ1v) is 18.0. The average molecular weight is 682 g/mol. The van der Waals surface area contributed by atoms with Crippen molar-refractivity contribution >= 4 is 45.7 Å². The van der Waals surface area contributed by atoms with Crippen molar-refractivity contribution in [2.75, 3.05) is 5.32 Å². The van der Waals surface area contributed by atoms with Crippen LogP contribution in [0.5, 0.6) is 0 Å². The molecule has 4 aromatic carbocycles. The van der Waals surface area contributed by atoms with Gasteiger partial charge in [-0.05, 0) is 96.7 Å². The molecule has 0 saturated heterocycles. The van der Waals surface area contributed by atoms with Gasteiger partial charge in [-0.1, -0.05) is 111 Å². The molecule has 246 valence electrons. The summed E-state index contributed by atoms with van der Waals surface area (Å²) in [5.41, 5.74) is 10.3. The number of amides is 1. The molecule has 0 unspecified atom stereocenters. The summed E-state index contributed by atoms with van der Waals surface area (Å²) < 4.78 is 2.33. The molecule has 1 aliphatic rings. The molecule has 4 nitrogen and oxygen atoms in total. The number of thiophene rings is 1.